The van der Waals surface area contributed by atoms with Crippen LogP contribution >= 0.6 is 0 Å². The minimum Gasteiger partial charge on any atom is -0.388 e. The average molecular weight is 304 g/mol. The predicted octanol–water partition coefficient (Wildman–Crippen LogP) is 4.70. The SMILES string of the molecule is C/C1=C/C=C(\C(C)C)CCC(C)(O)/C=C\C/C(C)=C/CC1O. The molecule has 1 aliphatic rings. The number of hydrogen-bond acceptors (Lipinski definition) is 2. The van der Waals surface area contributed by atoms with Crippen LogP contribution in [0.3, 0.4) is 0 Å². The monoisotopic (exact) mass is 304 g/mol. The third-order valence-corrected chi connectivity index (χ3v) is 4.35. The van der Waals surface area contributed by atoms with Crippen molar-refractivity contribution < 1.29 is 10.2 Å². The van der Waals surface area contributed by atoms with Gasteiger partial charge < -0.3 is 10.2 Å². The first kappa shape index (κ1) is 18.9. The van der Waals surface area contributed by atoms with Gasteiger partial charge in [-0.25, -0.2) is 0 Å². The first-order valence-electron chi connectivity index (χ1n) is 8.32. The molecule has 1 aliphatic carbocycles. The Labute approximate surface area is 135 Å². The van der Waals surface area contributed by atoms with Crippen LogP contribution in [0.4, 0.5) is 0 Å². The molecule has 0 radical (unpaired) electrons. The molecule has 0 aromatic rings. The van der Waals surface area contributed by atoms with E-state index in [1.54, 1.807) is 0 Å². The maximum Gasteiger partial charge on any atom is 0.0802 e. The molecule has 0 saturated carbocycles. The Morgan fingerprint density at radius 3 is 2.55 bits per heavy atom. The van der Waals surface area contributed by atoms with E-state index in [0.717, 1.165) is 18.4 Å². The molecule has 0 amide bonds. The Bertz CT molecular complexity index is 476. The minimum absolute atomic E-state index is 0.422. The molecule has 22 heavy (non-hydrogen) atoms. The summed E-state index contributed by atoms with van der Waals surface area (Å²) in [5, 5.41) is 20.7. The summed E-state index contributed by atoms with van der Waals surface area (Å²) in [5.41, 5.74) is 2.75. The largest absolute Gasteiger partial charge is 0.388 e. The van der Waals surface area contributed by atoms with Crippen molar-refractivity contribution in [2.24, 2.45) is 5.92 Å². The topological polar surface area (TPSA) is 40.5 Å². The van der Waals surface area contributed by atoms with Gasteiger partial charge in [0.15, 0.2) is 0 Å². The molecule has 2 heteroatoms. The van der Waals surface area contributed by atoms with Crippen LogP contribution in [0.2, 0.25) is 0 Å². The second-order valence-electron chi connectivity index (χ2n) is 7.07. The molecule has 0 aromatic heterocycles. The standard InChI is InChI=1S/C20H32O2/c1-15(2)18-10-9-17(4)19(21)11-8-16(3)7-6-13-20(5,22)14-12-18/h6,8-10,13,15,19,21-22H,7,11-12,14H2,1-5H3/b13-6-,16-8+,17-9-,18-10-. The molecule has 124 valence electrons. The zero-order valence-corrected chi connectivity index (χ0v) is 14.8. The fourth-order valence-corrected chi connectivity index (χ4v) is 2.48. The van der Waals surface area contributed by atoms with Crippen molar-refractivity contribution in [1.29, 1.82) is 0 Å². The molecule has 0 fully saturated rings. The van der Waals surface area contributed by atoms with Crippen molar-refractivity contribution >= 4 is 0 Å². The van der Waals surface area contributed by atoms with E-state index in [4.69, 9.17) is 0 Å². The van der Waals surface area contributed by atoms with E-state index in [-0.39, 0.29) is 0 Å². The number of aliphatic hydroxyl groups excluding tert-OH is 1. The molecule has 0 aliphatic heterocycles. The highest BCUT2D eigenvalue weighted by atomic mass is 16.3. The summed E-state index contributed by atoms with van der Waals surface area (Å²) in [5.74, 6) is 0.441. The van der Waals surface area contributed by atoms with Crippen molar-refractivity contribution in [2.75, 3.05) is 0 Å². The molecule has 0 heterocycles. The van der Waals surface area contributed by atoms with Gasteiger partial charge >= 0.3 is 0 Å². The van der Waals surface area contributed by atoms with Crippen molar-refractivity contribution in [1.82, 2.24) is 0 Å². The maximum atomic E-state index is 10.5. The first-order chi connectivity index (χ1) is 10.2. The van der Waals surface area contributed by atoms with Gasteiger partial charge in [-0.3, -0.25) is 0 Å². The smallest absolute Gasteiger partial charge is 0.0802 e. The summed E-state index contributed by atoms with van der Waals surface area (Å²) < 4.78 is 0. The zero-order valence-electron chi connectivity index (χ0n) is 14.8. The third kappa shape index (κ3) is 6.76. The highest BCUT2D eigenvalue weighted by Gasteiger charge is 2.17. The average Bonchev–Trinajstić information content (AvgIpc) is 2.42. The second kappa shape index (κ2) is 8.50. The van der Waals surface area contributed by atoms with Crippen LogP contribution in [0.15, 0.2) is 47.1 Å². The van der Waals surface area contributed by atoms with Crippen molar-refractivity contribution in [3.05, 3.63) is 47.1 Å². The Morgan fingerprint density at radius 2 is 1.91 bits per heavy atom. The lowest BCUT2D eigenvalue weighted by Gasteiger charge is -2.21. The summed E-state index contributed by atoms with van der Waals surface area (Å²) in [7, 11) is 0. The second-order valence-corrected chi connectivity index (χ2v) is 7.07. The van der Waals surface area contributed by atoms with E-state index in [2.05, 4.69) is 32.9 Å². The Morgan fingerprint density at radius 1 is 1.23 bits per heavy atom. The molecular weight excluding hydrogens is 272 g/mol. The van der Waals surface area contributed by atoms with Gasteiger partial charge in [0.1, 0.15) is 0 Å². The molecule has 0 bridgehead atoms. The van der Waals surface area contributed by atoms with Crippen LogP contribution in [-0.2, 0) is 0 Å². The van der Waals surface area contributed by atoms with Gasteiger partial charge in [0, 0.05) is 0 Å². The van der Waals surface area contributed by atoms with Gasteiger partial charge in [0.2, 0.25) is 0 Å². The van der Waals surface area contributed by atoms with Gasteiger partial charge in [0.25, 0.3) is 0 Å². The summed E-state index contributed by atoms with van der Waals surface area (Å²) in [6.45, 7) is 10.3. The normalized spacial score (nSPS) is 37.3. The number of allylic oxidation sites excluding steroid dienone is 5. The predicted molar refractivity (Wildman–Crippen MR) is 94.7 cm³/mol. The van der Waals surface area contributed by atoms with Crippen LogP contribution in [-0.4, -0.2) is 21.9 Å². The van der Waals surface area contributed by atoms with Crippen LogP contribution in [0.5, 0.6) is 0 Å². The summed E-state index contributed by atoms with van der Waals surface area (Å²) in [6, 6.07) is 0. The summed E-state index contributed by atoms with van der Waals surface area (Å²) >= 11 is 0. The van der Waals surface area contributed by atoms with Gasteiger partial charge in [-0.2, -0.15) is 0 Å². The first-order valence-corrected chi connectivity index (χ1v) is 8.32. The number of hydrogen-bond donors (Lipinski definition) is 2. The Kier molecular flexibility index (Phi) is 7.31. The number of aliphatic hydroxyl groups is 2. The lowest BCUT2D eigenvalue weighted by molar-refractivity contribution is 0.101. The third-order valence-electron chi connectivity index (χ3n) is 4.35. The van der Waals surface area contributed by atoms with E-state index in [1.165, 1.54) is 11.1 Å². The Hall–Kier alpha value is -1.12. The molecule has 0 saturated heterocycles. The van der Waals surface area contributed by atoms with E-state index >= 15 is 0 Å². The molecule has 2 N–H and O–H groups in total. The van der Waals surface area contributed by atoms with E-state index in [9.17, 15) is 10.2 Å². The van der Waals surface area contributed by atoms with E-state index in [1.807, 2.05) is 32.1 Å². The van der Waals surface area contributed by atoms with Crippen LogP contribution < -0.4 is 0 Å². The fraction of sp³-hybridized carbons (Fsp3) is 0.600. The van der Waals surface area contributed by atoms with Gasteiger partial charge in [-0.05, 0) is 57.9 Å². The van der Waals surface area contributed by atoms with Crippen molar-refractivity contribution in [3.8, 4) is 0 Å². The fourth-order valence-electron chi connectivity index (χ4n) is 2.48. The highest BCUT2D eigenvalue weighted by Crippen LogP contribution is 2.24. The quantitative estimate of drug-likeness (QED) is 0.689. The lowest BCUT2D eigenvalue weighted by atomic mass is 9.90. The van der Waals surface area contributed by atoms with Gasteiger partial charge in [0.05, 0.1) is 11.7 Å². The van der Waals surface area contributed by atoms with Crippen LogP contribution in [0, 0.1) is 5.92 Å². The molecular formula is C20H32O2. The summed E-state index contributed by atoms with van der Waals surface area (Å²) in [6.07, 6.45) is 12.8. The molecule has 0 spiro atoms. The minimum atomic E-state index is -0.767. The molecule has 2 nitrogen and oxygen atoms in total. The lowest BCUT2D eigenvalue weighted by Crippen LogP contribution is -2.21. The number of rotatable bonds is 1. The van der Waals surface area contributed by atoms with Crippen molar-refractivity contribution in [2.45, 2.75) is 72.0 Å². The Balaban J connectivity index is 3.06. The van der Waals surface area contributed by atoms with Crippen LogP contribution in [0.1, 0.15) is 60.3 Å². The van der Waals surface area contributed by atoms with Crippen LogP contribution in [0.25, 0.3) is 0 Å². The highest BCUT2D eigenvalue weighted by molar-refractivity contribution is 5.22. The van der Waals surface area contributed by atoms with Gasteiger partial charge in [-0.15, -0.1) is 0 Å². The molecule has 2 atom stereocenters. The maximum absolute atomic E-state index is 10.5. The zero-order chi connectivity index (χ0) is 16.8. The van der Waals surface area contributed by atoms with Crippen molar-refractivity contribution in [3.63, 3.8) is 0 Å². The summed E-state index contributed by atoms with van der Waals surface area (Å²) in [4.78, 5) is 0. The molecule has 0 aromatic carbocycles. The van der Waals surface area contributed by atoms with Gasteiger partial charge in [-0.1, -0.05) is 55.4 Å². The van der Waals surface area contributed by atoms with E-state index < -0.39 is 11.7 Å². The molecule has 1 rings (SSSR count). The van der Waals surface area contributed by atoms with E-state index in [0.29, 0.717) is 18.8 Å². The molecule has 2 unspecified atom stereocenters.